The monoisotopic (exact) mass is 496 g/mol. The fraction of sp³-hybridized carbons (Fsp3) is 0.385. The number of amides is 1. The van der Waals surface area contributed by atoms with Crippen LogP contribution in [0.15, 0.2) is 46.5 Å². The maximum absolute atomic E-state index is 13.3. The number of alkyl halides is 3. The van der Waals surface area contributed by atoms with E-state index in [1.165, 1.54) is 6.07 Å². The Morgan fingerprint density at radius 3 is 2.69 bits per heavy atom. The second-order valence-corrected chi connectivity index (χ2v) is 9.21. The van der Waals surface area contributed by atoms with Gasteiger partial charge in [0, 0.05) is 38.2 Å². The van der Waals surface area contributed by atoms with Gasteiger partial charge in [-0.05, 0) is 49.6 Å². The lowest BCUT2D eigenvalue weighted by atomic mass is 9.93. The van der Waals surface area contributed by atoms with Crippen molar-refractivity contribution in [3.8, 4) is 0 Å². The summed E-state index contributed by atoms with van der Waals surface area (Å²) in [6, 6.07) is 4.91. The van der Waals surface area contributed by atoms with E-state index in [-0.39, 0.29) is 5.91 Å². The van der Waals surface area contributed by atoms with Crippen LogP contribution in [0.5, 0.6) is 0 Å². The Bertz CT molecular complexity index is 1310. The topological polar surface area (TPSA) is 73.7 Å². The number of aromatic nitrogens is 2. The van der Waals surface area contributed by atoms with Gasteiger partial charge in [0.25, 0.3) is 0 Å². The van der Waals surface area contributed by atoms with Gasteiger partial charge in [0.15, 0.2) is 0 Å². The molecule has 7 nitrogen and oxygen atoms in total. The zero-order valence-electron chi connectivity index (χ0n) is 20.4. The van der Waals surface area contributed by atoms with E-state index in [4.69, 9.17) is 4.99 Å². The average Bonchev–Trinajstić information content (AvgIpc) is 3.34. The van der Waals surface area contributed by atoms with Crippen molar-refractivity contribution in [1.29, 1.82) is 0 Å². The molecule has 4 heterocycles. The summed E-state index contributed by atoms with van der Waals surface area (Å²) in [6.45, 7) is 7.70. The van der Waals surface area contributed by atoms with Crippen LogP contribution in [0.1, 0.15) is 48.8 Å². The second kappa shape index (κ2) is 9.07. The molecule has 36 heavy (non-hydrogen) atoms. The standard InChI is InChI=1S/C26H27F3N6O/c1-15(19-5-4-6-20(13-19)26(27,28)29)31-23-22-14-21(18-7-10-34(11-8-18)17(3)36)24-30-9-12-35(24)25(22)33-16(2)32-23/h4-7,13-15H,8-12H2,1-3H3,(H,31,32,33). The highest BCUT2D eigenvalue weighted by Crippen LogP contribution is 2.39. The SMILES string of the molecule is CC(=O)N1CC=C(C2=Cc3c(NC(C)c4cccc(C(F)(F)F)c4)nc(C)nc3N3CCN=C23)CC1. The van der Waals surface area contributed by atoms with Crippen molar-refractivity contribution in [3.05, 3.63) is 64.0 Å². The van der Waals surface area contributed by atoms with Crippen LogP contribution in [-0.4, -0.2) is 52.8 Å². The third kappa shape index (κ3) is 4.47. The number of rotatable bonds is 4. The van der Waals surface area contributed by atoms with Gasteiger partial charge >= 0.3 is 6.18 Å². The minimum absolute atomic E-state index is 0.0482. The molecule has 10 heteroatoms. The number of aliphatic imine (C=N–C) groups is 1. The molecule has 0 saturated carbocycles. The predicted octanol–water partition coefficient (Wildman–Crippen LogP) is 4.77. The van der Waals surface area contributed by atoms with Crippen LogP contribution in [0.4, 0.5) is 24.8 Å². The van der Waals surface area contributed by atoms with Crippen LogP contribution in [-0.2, 0) is 11.0 Å². The van der Waals surface area contributed by atoms with E-state index in [0.29, 0.717) is 49.8 Å². The molecule has 0 radical (unpaired) electrons. The fourth-order valence-corrected chi connectivity index (χ4v) is 4.82. The van der Waals surface area contributed by atoms with Gasteiger partial charge in [-0.15, -0.1) is 0 Å². The Balaban J connectivity index is 1.52. The molecule has 0 aliphatic carbocycles. The van der Waals surface area contributed by atoms with E-state index < -0.39 is 17.8 Å². The molecular weight excluding hydrogens is 469 g/mol. The Morgan fingerprint density at radius 2 is 2.00 bits per heavy atom. The number of aryl methyl sites for hydroxylation is 1. The van der Waals surface area contributed by atoms with Crippen molar-refractivity contribution in [2.24, 2.45) is 4.99 Å². The average molecular weight is 497 g/mol. The number of hydrogen-bond donors (Lipinski definition) is 1. The van der Waals surface area contributed by atoms with E-state index >= 15 is 0 Å². The van der Waals surface area contributed by atoms with Crippen molar-refractivity contribution in [2.45, 2.75) is 39.4 Å². The first-order valence-corrected chi connectivity index (χ1v) is 11.9. The Labute approximate surface area is 207 Å². The van der Waals surface area contributed by atoms with Crippen LogP contribution in [0.2, 0.25) is 0 Å². The number of halogens is 3. The molecule has 0 saturated heterocycles. The van der Waals surface area contributed by atoms with Gasteiger partial charge in [0.05, 0.1) is 17.7 Å². The lowest BCUT2D eigenvalue weighted by molar-refractivity contribution is -0.137. The molecule has 1 aromatic carbocycles. The predicted molar refractivity (Wildman–Crippen MR) is 133 cm³/mol. The minimum atomic E-state index is -4.41. The Kier molecular flexibility index (Phi) is 6.05. The first-order chi connectivity index (χ1) is 17.1. The first-order valence-electron chi connectivity index (χ1n) is 11.9. The van der Waals surface area contributed by atoms with Crippen LogP contribution in [0, 0.1) is 6.92 Å². The molecule has 1 amide bonds. The van der Waals surface area contributed by atoms with Crippen LogP contribution in [0.25, 0.3) is 6.08 Å². The molecule has 0 spiro atoms. The van der Waals surface area contributed by atoms with Crippen LogP contribution >= 0.6 is 0 Å². The minimum Gasteiger partial charge on any atom is -0.363 e. The van der Waals surface area contributed by atoms with Crippen molar-refractivity contribution in [3.63, 3.8) is 0 Å². The zero-order valence-corrected chi connectivity index (χ0v) is 20.4. The number of nitrogens with zero attached hydrogens (tertiary/aromatic N) is 5. The van der Waals surface area contributed by atoms with Gasteiger partial charge in [-0.2, -0.15) is 13.2 Å². The van der Waals surface area contributed by atoms with Crippen molar-refractivity contribution in [2.75, 3.05) is 36.4 Å². The van der Waals surface area contributed by atoms with E-state index in [1.54, 1.807) is 24.8 Å². The number of benzene rings is 1. The highest BCUT2D eigenvalue weighted by molar-refractivity contribution is 6.19. The summed E-state index contributed by atoms with van der Waals surface area (Å²) in [4.78, 5) is 29.7. The van der Waals surface area contributed by atoms with E-state index in [9.17, 15) is 18.0 Å². The molecule has 1 N–H and O–H groups in total. The number of nitrogens with one attached hydrogen (secondary N) is 1. The summed E-state index contributed by atoms with van der Waals surface area (Å²) in [5, 5.41) is 3.33. The molecule has 0 bridgehead atoms. The Morgan fingerprint density at radius 1 is 1.19 bits per heavy atom. The maximum atomic E-state index is 13.3. The van der Waals surface area contributed by atoms with Crippen molar-refractivity contribution >= 4 is 29.5 Å². The highest BCUT2D eigenvalue weighted by atomic mass is 19.4. The van der Waals surface area contributed by atoms with Gasteiger partial charge in [0.2, 0.25) is 5.91 Å². The van der Waals surface area contributed by atoms with Crippen LogP contribution < -0.4 is 10.2 Å². The smallest absolute Gasteiger partial charge is 0.363 e. The van der Waals surface area contributed by atoms with Crippen molar-refractivity contribution < 1.29 is 18.0 Å². The molecule has 0 fully saturated rings. The van der Waals surface area contributed by atoms with E-state index in [2.05, 4.69) is 26.3 Å². The number of carbonyl (C=O) groups excluding carboxylic acids is 1. The number of carbonyl (C=O) groups is 1. The molecular formula is C26H27F3N6O. The summed E-state index contributed by atoms with van der Waals surface area (Å²) in [5.41, 5.74) is 2.70. The van der Waals surface area contributed by atoms with Gasteiger partial charge in [-0.3, -0.25) is 9.79 Å². The number of fused-ring (bicyclic) bond motifs is 3. The second-order valence-electron chi connectivity index (χ2n) is 9.21. The van der Waals surface area contributed by atoms with E-state index in [1.807, 2.05) is 13.0 Å². The molecule has 188 valence electrons. The third-order valence-corrected chi connectivity index (χ3v) is 6.73. The number of hydrogen-bond acceptors (Lipinski definition) is 6. The lowest BCUT2D eigenvalue weighted by Crippen LogP contribution is -2.37. The van der Waals surface area contributed by atoms with E-state index in [0.717, 1.165) is 40.5 Å². The largest absolute Gasteiger partial charge is 0.416 e. The van der Waals surface area contributed by atoms with Crippen molar-refractivity contribution in [1.82, 2.24) is 14.9 Å². The van der Waals surface area contributed by atoms with Gasteiger partial charge in [-0.25, -0.2) is 9.97 Å². The summed E-state index contributed by atoms with van der Waals surface area (Å²) >= 11 is 0. The molecule has 1 aromatic heterocycles. The first kappa shape index (κ1) is 24.0. The zero-order chi connectivity index (χ0) is 25.6. The Hall–Kier alpha value is -3.69. The number of amidine groups is 1. The normalized spacial score (nSPS) is 18.1. The van der Waals surface area contributed by atoms with Gasteiger partial charge in [0.1, 0.15) is 23.3 Å². The molecule has 3 aliphatic heterocycles. The summed E-state index contributed by atoms with van der Waals surface area (Å²) in [5.74, 6) is 2.77. The molecule has 5 rings (SSSR count). The maximum Gasteiger partial charge on any atom is 0.416 e. The summed E-state index contributed by atoms with van der Waals surface area (Å²) < 4.78 is 39.8. The summed E-state index contributed by atoms with van der Waals surface area (Å²) in [6.07, 6.45) is 0.388. The molecule has 3 aliphatic rings. The molecule has 1 atom stereocenters. The lowest BCUT2D eigenvalue weighted by Gasteiger charge is -2.32. The van der Waals surface area contributed by atoms with Crippen LogP contribution in [0.3, 0.4) is 0 Å². The number of anilines is 2. The third-order valence-electron chi connectivity index (χ3n) is 6.73. The molecule has 1 unspecified atom stereocenters. The molecule has 2 aromatic rings. The fourth-order valence-electron chi connectivity index (χ4n) is 4.82. The highest BCUT2D eigenvalue weighted by Gasteiger charge is 2.34. The van der Waals surface area contributed by atoms with Gasteiger partial charge < -0.3 is 15.1 Å². The summed E-state index contributed by atoms with van der Waals surface area (Å²) in [7, 11) is 0. The van der Waals surface area contributed by atoms with Gasteiger partial charge in [-0.1, -0.05) is 18.2 Å². The quantitative estimate of drug-likeness (QED) is 0.660.